The average molecular weight is 441 g/mol. The lowest BCUT2D eigenvalue weighted by molar-refractivity contribution is -0.122. The van der Waals surface area contributed by atoms with Crippen LogP contribution in [0.2, 0.25) is 0 Å². The zero-order valence-electron chi connectivity index (χ0n) is 17.2. The predicted octanol–water partition coefficient (Wildman–Crippen LogP) is 1.64. The molecule has 9 nitrogen and oxygen atoms in total. The van der Waals surface area contributed by atoms with Gasteiger partial charge in [0.2, 0.25) is 5.91 Å². The van der Waals surface area contributed by atoms with Crippen molar-refractivity contribution in [3.63, 3.8) is 0 Å². The van der Waals surface area contributed by atoms with Crippen molar-refractivity contribution in [2.24, 2.45) is 5.92 Å². The lowest BCUT2D eigenvalue weighted by Gasteiger charge is -2.21. The number of aromatic amines is 1. The second-order valence-electron chi connectivity index (χ2n) is 7.23. The Morgan fingerprint density at radius 1 is 1.06 bits per heavy atom. The number of nitrogens with one attached hydrogen (secondary N) is 3. The molecule has 0 spiro atoms. The van der Waals surface area contributed by atoms with E-state index in [0.717, 1.165) is 16.7 Å². The van der Waals surface area contributed by atoms with E-state index in [1.54, 1.807) is 6.92 Å². The van der Waals surface area contributed by atoms with E-state index in [9.17, 15) is 13.8 Å². The highest BCUT2D eigenvalue weighted by Crippen LogP contribution is 2.20. The molecular weight excluding hydrogens is 416 g/mol. The third kappa shape index (κ3) is 6.54. The van der Waals surface area contributed by atoms with Crippen molar-refractivity contribution >= 4 is 22.8 Å². The van der Waals surface area contributed by atoms with Crippen molar-refractivity contribution in [3.05, 3.63) is 66.0 Å². The van der Waals surface area contributed by atoms with Crippen LogP contribution in [-0.2, 0) is 22.2 Å². The topological polar surface area (TPSA) is 130 Å². The molecule has 3 atom stereocenters. The van der Waals surface area contributed by atoms with Crippen LogP contribution in [0.25, 0.3) is 11.1 Å². The Hall–Kier alpha value is -3.40. The van der Waals surface area contributed by atoms with Gasteiger partial charge < -0.3 is 5.32 Å². The van der Waals surface area contributed by atoms with Gasteiger partial charge in [0, 0.05) is 18.2 Å². The molecule has 162 valence electrons. The molecule has 1 heterocycles. The number of rotatable bonds is 9. The number of hydrogen-bond acceptors (Lipinski definition) is 6. The summed E-state index contributed by atoms with van der Waals surface area (Å²) in [6.07, 6.45) is 2.26. The summed E-state index contributed by atoms with van der Waals surface area (Å²) in [6, 6.07) is 17.7. The fourth-order valence-corrected chi connectivity index (χ4v) is 3.71. The summed E-state index contributed by atoms with van der Waals surface area (Å²) < 4.78 is 13.7. The van der Waals surface area contributed by atoms with Gasteiger partial charge in [-0.05, 0) is 34.7 Å². The van der Waals surface area contributed by atoms with Crippen LogP contribution in [-0.4, -0.2) is 48.9 Å². The van der Waals surface area contributed by atoms with E-state index < -0.39 is 22.8 Å². The van der Waals surface area contributed by atoms with E-state index in [4.69, 9.17) is 0 Å². The van der Waals surface area contributed by atoms with Crippen molar-refractivity contribution < 1.29 is 13.8 Å². The van der Waals surface area contributed by atoms with Gasteiger partial charge in [-0.25, -0.2) is 4.21 Å². The molecule has 3 aromatic rings. The van der Waals surface area contributed by atoms with E-state index in [-0.39, 0.29) is 17.8 Å². The van der Waals surface area contributed by atoms with E-state index in [2.05, 4.69) is 30.7 Å². The number of tetrazole rings is 1. The first kappa shape index (κ1) is 22.3. The van der Waals surface area contributed by atoms with Gasteiger partial charge >= 0.3 is 0 Å². The van der Waals surface area contributed by atoms with Gasteiger partial charge in [-0.3, -0.25) is 14.3 Å². The van der Waals surface area contributed by atoms with Gasteiger partial charge in [-0.15, -0.1) is 10.2 Å². The van der Waals surface area contributed by atoms with Crippen molar-refractivity contribution in [2.45, 2.75) is 25.8 Å². The molecule has 3 unspecified atom stereocenters. The van der Waals surface area contributed by atoms with Crippen LogP contribution >= 0.6 is 0 Å². The third-order valence-corrected chi connectivity index (χ3v) is 5.25. The Labute approximate surface area is 182 Å². The molecular formula is C21H24N6O3S. The SMILES string of the molecule is CC(CC(Cc1ccc(-c2ccccc2)cc1)NC(=O)c1nn[nH]n1)C(=O)NS(C)=O. The second kappa shape index (κ2) is 10.6. The molecule has 3 rings (SSSR count). The monoisotopic (exact) mass is 440 g/mol. The van der Waals surface area contributed by atoms with Gasteiger partial charge in [0.25, 0.3) is 11.7 Å². The van der Waals surface area contributed by atoms with Crippen LogP contribution in [0.15, 0.2) is 54.6 Å². The molecule has 2 aromatic carbocycles. The van der Waals surface area contributed by atoms with Crippen LogP contribution in [0.4, 0.5) is 0 Å². The maximum Gasteiger partial charge on any atom is 0.293 e. The Kier molecular flexibility index (Phi) is 7.60. The summed E-state index contributed by atoms with van der Waals surface area (Å²) in [4.78, 5) is 24.6. The maximum atomic E-state index is 12.4. The number of carbonyl (C=O) groups excluding carboxylic acids is 2. The van der Waals surface area contributed by atoms with Crippen LogP contribution in [0.3, 0.4) is 0 Å². The van der Waals surface area contributed by atoms with Crippen molar-refractivity contribution in [3.8, 4) is 11.1 Å². The molecule has 10 heteroatoms. The molecule has 0 aliphatic rings. The van der Waals surface area contributed by atoms with E-state index in [1.165, 1.54) is 6.26 Å². The van der Waals surface area contributed by atoms with Crippen molar-refractivity contribution in [1.82, 2.24) is 30.7 Å². The standard InChI is InChI=1S/C21H24N6O3S/c1-14(20(28)25-31(2)30)12-18(22-21(29)19-23-26-27-24-19)13-15-8-10-17(11-9-15)16-6-4-3-5-7-16/h3-11,14,18H,12-13H2,1-2H3,(H,22,29)(H,25,28)(H,23,24,26,27). The Balaban J connectivity index is 1.72. The van der Waals surface area contributed by atoms with E-state index >= 15 is 0 Å². The Morgan fingerprint density at radius 2 is 1.74 bits per heavy atom. The Bertz CT molecular complexity index is 1030. The summed E-state index contributed by atoms with van der Waals surface area (Å²) in [7, 11) is -1.44. The summed E-state index contributed by atoms with van der Waals surface area (Å²) in [5.74, 6) is -1.34. The number of carbonyl (C=O) groups is 2. The molecule has 0 bridgehead atoms. The largest absolute Gasteiger partial charge is 0.346 e. The van der Waals surface area contributed by atoms with Gasteiger partial charge in [0.1, 0.15) is 11.0 Å². The molecule has 0 saturated carbocycles. The number of nitrogens with zero attached hydrogens (tertiary/aromatic N) is 3. The number of amides is 2. The van der Waals surface area contributed by atoms with E-state index in [1.807, 2.05) is 54.6 Å². The minimum Gasteiger partial charge on any atom is -0.346 e. The summed E-state index contributed by atoms with van der Waals surface area (Å²) in [6.45, 7) is 1.73. The molecule has 31 heavy (non-hydrogen) atoms. The molecule has 2 amide bonds. The Morgan fingerprint density at radius 3 is 2.35 bits per heavy atom. The van der Waals surface area contributed by atoms with Crippen LogP contribution in [0.5, 0.6) is 0 Å². The summed E-state index contributed by atoms with van der Waals surface area (Å²) in [5.41, 5.74) is 3.22. The predicted molar refractivity (Wildman–Crippen MR) is 117 cm³/mol. The van der Waals surface area contributed by atoms with Crippen LogP contribution < -0.4 is 10.0 Å². The highest BCUT2D eigenvalue weighted by Gasteiger charge is 2.23. The summed E-state index contributed by atoms with van der Waals surface area (Å²) >= 11 is 0. The van der Waals surface area contributed by atoms with Crippen molar-refractivity contribution in [1.29, 1.82) is 0 Å². The lowest BCUT2D eigenvalue weighted by atomic mass is 9.94. The fraction of sp³-hybridized carbons (Fsp3) is 0.286. The van der Waals surface area contributed by atoms with Gasteiger partial charge in [-0.2, -0.15) is 5.21 Å². The first-order valence-corrected chi connectivity index (χ1v) is 11.3. The molecule has 0 fully saturated rings. The molecule has 1 aromatic heterocycles. The highest BCUT2D eigenvalue weighted by atomic mass is 32.2. The van der Waals surface area contributed by atoms with Crippen LogP contribution in [0, 0.1) is 5.92 Å². The highest BCUT2D eigenvalue weighted by molar-refractivity contribution is 7.82. The molecule has 0 aliphatic heterocycles. The molecule has 0 radical (unpaired) electrons. The third-order valence-electron chi connectivity index (χ3n) is 4.76. The number of benzene rings is 2. The first-order chi connectivity index (χ1) is 14.9. The second-order valence-corrected chi connectivity index (χ2v) is 8.34. The minimum absolute atomic E-state index is 0.0730. The van der Waals surface area contributed by atoms with Gasteiger partial charge in [0.05, 0.1) is 0 Å². The van der Waals surface area contributed by atoms with Crippen molar-refractivity contribution in [2.75, 3.05) is 6.26 Å². The number of H-pyrrole nitrogens is 1. The minimum atomic E-state index is -1.44. The maximum absolute atomic E-state index is 12.4. The number of hydrogen-bond donors (Lipinski definition) is 3. The summed E-state index contributed by atoms with van der Waals surface area (Å²) in [5, 5.41) is 15.9. The van der Waals surface area contributed by atoms with Crippen LogP contribution in [0.1, 0.15) is 29.5 Å². The zero-order chi connectivity index (χ0) is 22.2. The first-order valence-electron chi connectivity index (χ1n) is 9.75. The molecule has 0 saturated heterocycles. The molecule has 3 N–H and O–H groups in total. The zero-order valence-corrected chi connectivity index (χ0v) is 18.1. The van der Waals surface area contributed by atoms with Gasteiger partial charge in [0.15, 0.2) is 0 Å². The normalized spacial score (nSPS) is 13.7. The lowest BCUT2D eigenvalue weighted by Crippen LogP contribution is -2.41. The fourth-order valence-electron chi connectivity index (χ4n) is 3.23. The average Bonchev–Trinajstić information content (AvgIpc) is 3.29. The smallest absolute Gasteiger partial charge is 0.293 e. The van der Waals surface area contributed by atoms with Gasteiger partial charge in [-0.1, -0.05) is 61.5 Å². The number of aromatic nitrogens is 4. The van der Waals surface area contributed by atoms with E-state index in [0.29, 0.717) is 12.8 Å². The quantitative estimate of drug-likeness (QED) is 0.464. The molecule has 0 aliphatic carbocycles.